The van der Waals surface area contributed by atoms with Crippen molar-refractivity contribution < 1.29 is 17.6 Å². The summed E-state index contributed by atoms with van der Waals surface area (Å²) in [5, 5.41) is 2.83. The van der Waals surface area contributed by atoms with E-state index in [1.807, 2.05) is 30.3 Å². The van der Waals surface area contributed by atoms with Crippen LogP contribution in [0.1, 0.15) is 21.5 Å². The molecule has 0 aliphatic carbocycles. The number of anilines is 1. The topological polar surface area (TPSA) is 66.5 Å². The van der Waals surface area contributed by atoms with Crippen LogP contribution in [0.3, 0.4) is 0 Å². The van der Waals surface area contributed by atoms with E-state index >= 15 is 0 Å². The van der Waals surface area contributed by atoms with E-state index in [2.05, 4.69) is 5.32 Å². The van der Waals surface area contributed by atoms with Crippen LogP contribution in [0.4, 0.5) is 10.1 Å². The first-order valence-corrected chi connectivity index (χ1v) is 13.1. The molecule has 3 rings (SSSR count). The highest BCUT2D eigenvalue weighted by Crippen LogP contribution is 2.21. The summed E-state index contributed by atoms with van der Waals surface area (Å²) in [6.45, 7) is 0.660. The monoisotopic (exact) mass is 472 g/mol. The SMILES string of the molecule is CS(=O)(=O)N(Cc1ccccc1)c1ccc(C(=O)NCCSCc2ccccc2F)cc1. The molecule has 3 aromatic carbocycles. The first kappa shape index (κ1) is 23.8. The molecule has 0 spiro atoms. The summed E-state index contributed by atoms with van der Waals surface area (Å²) in [4.78, 5) is 12.4. The van der Waals surface area contributed by atoms with Crippen molar-refractivity contribution in [2.75, 3.05) is 22.9 Å². The highest BCUT2D eigenvalue weighted by molar-refractivity contribution is 7.98. The number of thioether (sulfide) groups is 1. The molecule has 0 saturated carbocycles. The Labute approximate surface area is 192 Å². The molecule has 0 saturated heterocycles. The molecule has 1 amide bonds. The standard InChI is InChI=1S/C24H25FN2O3S2/c1-32(29,30)27(17-19-7-3-2-4-8-19)22-13-11-20(12-14-22)24(28)26-15-16-31-18-21-9-5-6-10-23(21)25/h2-14H,15-18H2,1H3,(H,26,28). The number of sulfonamides is 1. The largest absolute Gasteiger partial charge is 0.351 e. The number of carbonyl (C=O) groups excluding carboxylic acids is 1. The molecule has 0 heterocycles. The van der Waals surface area contributed by atoms with Crippen LogP contribution in [0, 0.1) is 5.82 Å². The number of nitrogens with one attached hydrogen (secondary N) is 1. The Bertz CT molecular complexity index is 1140. The summed E-state index contributed by atoms with van der Waals surface area (Å²) in [6.07, 6.45) is 1.16. The molecule has 0 unspecified atom stereocenters. The third kappa shape index (κ3) is 6.83. The number of nitrogens with zero attached hydrogens (tertiary/aromatic N) is 1. The maximum atomic E-state index is 13.6. The normalized spacial score (nSPS) is 11.2. The quantitative estimate of drug-likeness (QED) is 0.443. The molecule has 0 bridgehead atoms. The fourth-order valence-corrected chi connectivity index (χ4v) is 4.80. The minimum Gasteiger partial charge on any atom is -0.351 e. The average Bonchev–Trinajstić information content (AvgIpc) is 2.78. The predicted molar refractivity (Wildman–Crippen MR) is 129 cm³/mol. The lowest BCUT2D eigenvalue weighted by Crippen LogP contribution is -2.29. The van der Waals surface area contributed by atoms with Crippen molar-refractivity contribution in [3.8, 4) is 0 Å². The predicted octanol–water partition coefficient (Wildman–Crippen LogP) is 4.46. The van der Waals surface area contributed by atoms with E-state index in [1.54, 1.807) is 42.5 Å². The lowest BCUT2D eigenvalue weighted by molar-refractivity contribution is 0.0956. The number of amides is 1. The van der Waals surface area contributed by atoms with Crippen LogP contribution in [-0.2, 0) is 22.3 Å². The minimum atomic E-state index is -3.49. The summed E-state index contributed by atoms with van der Waals surface area (Å²) < 4.78 is 39.5. The molecule has 5 nitrogen and oxygen atoms in total. The third-order valence-electron chi connectivity index (χ3n) is 4.73. The molecule has 3 aromatic rings. The van der Waals surface area contributed by atoms with Gasteiger partial charge in [-0.2, -0.15) is 11.8 Å². The van der Waals surface area contributed by atoms with Gasteiger partial charge in [-0.1, -0.05) is 48.5 Å². The van der Waals surface area contributed by atoms with E-state index in [0.717, 1.165) is 11.8 Å². The summed E-state index contributed by atoms with van der Waals surface area (Å²) in [5.74, 6) is 0.730. The van der Waals surface area contributed by atoms with Gasteiger partial charge in [0.25, 0.3) is 5.91 Å². The average molecular weight is 473 g/mol. The number of halogens is 1. The van der Waals surface area contributed by atoms with E-state index in [-0.39, 0.29) is 18.3 Å². The van der Waals surface area contributed by atoms with Crippen molar-refractivity contribution >= 4 is 33.4 Å². The first-order valence-electron chi connectivity index (χ1n) is 10.1. The Hall–Kier alpha value is -2.84. The molecule has 0 atom stereocenters. The molecular weight excluding hydrogens is 447 g/mol. The first-order chi connectivity index (χ1) is 15.3. The summed E-state index contributed by atoms with van der Waals surface area (Å²) in [5.41, 5.74) is 2.45. The van der Waals surface area contributed by atoms with E-state index in [0.29, 0.717) is 34.9 Å². The van der Waals surface area contributed by atoms with Crippen molar-refractivity contribution in [2.45, 2.75) is 12.3 Å². The second-order valence-corrected chi connectivity index (χ2v) is 10.2. The van der Waals surface area contributed by atoms with Gasteiger partial charge in [0.2, 0.25) is 10.0 Å². The number of hydrogen-bond acceptors (Lipinski definition) is 4. The maximum Gasteiger partial charge on any atom is 0.251 e. The second kappa shape index (κ2) is 11.2. The highest BCUT2D eigenvalue weighted by Gasteiger charge is 2.18. The molecule has 0 aliphatic rings. The van der Waals surface area contributed by atoms with Crippen LogP contribution in [0.2, 0.25) is 0 Å². The fourth-order valence-electron chi connectivity index (χ4n) is 3.06. The van der Waals surface area contributed by atoms with E-state index < -0.39 is 10.0 Å². The Morgan fingerprint density at radius 3 is 2.28 bits per heavy atom. The van der Waals surface area contributed by atoms with Gasteiger partial charge in [-0.15, -0.1) is 0 Å². The van der Waals surface area contributed by atoms with Crippen molar-refractivity contribution in [2.24, 2.45) is 0 Å². The molecule has 0 fully saturated rings. The van der Waals surface area contributed by atoms with Crippen LogP contribution in [0.5, 0.6) is 0 Å². The van der Waals surface area contributed by atoms with Crippen molar-refractivity contribution in [1.29, 1.82) is 0 Å². The zero-order chi connectivity index (χ0) is 23.0. The van der Waals surface area contributed by atoms with E-state index in [4.69, 9.17) is 0 Å². The number of hydrogen-bond donors (Lipinski definition) is 1. The highest BCUT2D eigenvalue weighted by atomic mass is 32.2. The summed E-state index contributed by atoms with van der Waals surface area (Å²) >= 11 is 1.54. The summed E-state index contributed by atoms with van der Waals surface area (Å²) in [7, 11) is -3.49. The minimum absolute atomic E-state index is 0.213. The lowest BCUT2D eigenvalue weighted by atomic mass is 10.2. The Morgan fingerprint density at radius 2 is 1.62 bits per heavy atom. The van der Waals surface area contributed by atoms with Gasteiger partial charge >= 0.3 is 0 Å². The molecule has 32 heavy (non-hydrogen) atoms. The van der Waals surface area contributed by atoms with Gasteiger partial charge in [-0.05, 0) is 41.5 Å². The molecule has 168 valence electrons. The molecule has 1 N–H and O–H groups in total. The fraction of sp³-hybridized carbons (Fsp3) is 0.208. The number of benzene rings is 3. The second-order valence-electron chi connectivity index (χ2n) is 7.20. The van der Waals surface area contributed by atoms with Crippen LogP contribution < -0.4 is 9.62 Å². The van der Waals surface area contributed by atoms with Crippen LogP contribution in [0.25, 0.3) is 0 Å². The molecule has 0 aliphatic heterocycles. The molecule has 0 radical (unpaired) electrons. The zero-order valence-electron chi connectivity index (χ0n) is 17.7. The third-order valence-corrected chi connectivity index (χ3v) is 6.88. The smallest absolute Gasteiger partial charge is 0.251 e. The van der Waals surface area contributed by atoms with Gasteiger partial charge in [0.05, 0.1) is 18.5 Å². The Morgan fingerprint density at radius 1 is 0.969 bits per heavy atom. The van der Waals surface area contributed by atoms with Crippen LogP contribution in [0.15, 0.2) is 78.9 Å². The lowest BCUT2D eigenvalue weighted by Gasteiger charge is -2.22. The Balaban J connectivity index is 1.54. The van der Waals surface area contributed by atoms with Gasteiger partial charge in [-0.3, -0.25) is 9.10 Å². The summed E-state index contributed by atoms with van der Waals surface area (Å²) in [6, 6.07) is 22.5. The van der Waals surface area contributed by atoms with E-state index in [1.165, 1.54) is 22.1 Å². The zero-order valence-corrected chi connectivity index (χ0v) is 19.3. The maximum absolute atomic E-state index is 13.6. The van der Waals surface area contributed by atoms with Crippen LogP contribution in [-0.4, -0.2) is 32.9 Å². The molecule has 8 heteroatoms. The van der Waals surface area contributed by atoms with Gasteiger partial charge in [0, 0.05) is 23.6 Å². The number of rotatable bonds is 10. The van der Waals surface area contributed by atoms with Crippen molar-refractivity contribution in [3.05, 3.63) is 101 Å². The molecule has 0 aromatic heterocycles. The van der Waals surface area contributed by atoms with Crippen molar-refractivity contribution in [1.82, 2.24) is 5.32 Å². The number of carbonyl (C=O) groups is 1. The Kier molecular flexibility index (Phi) is 8.30. The van der Waals surface area contributed by atoms with E-state index in [9.17, 15) is 17.6 Å². The van der Waals surface area contributed by atoms with Gasteiger partial charge < -0.3 is 5.32 Å². The van der Waals surface area contributed by atoms with Gasteiger partial charge in [-0.25, -0.2) is 12.8 Å². The van der Waals surface area contributed by atoms with Crippen molar-refractivity contribution in [3.63, 3.8) is 0 Å². The molecular formula is C24H25FN2O3S2. The van der Waals surface area contributed by atoms with Crippen LogP contribution >= 0.6 is 11.8 Å². The van der Waals surface area contributed by atoms with Gasteiger partial charge in [0.1, 0.15) is 5.82 Å². The van der Waals surface area contributed by atoms with Gasteiger partial charge in [0.15, 0.2) is 0 Å².